The molecule has 1 amide bonds. The van der Waals surface area contributed by atoms with Crippen molar-refractivity contribution in [1.82, 2.24) is 15.0 Å². The normalized spacial score (nSPS) is 21.3. The highest BCUT2D eigenvalue weighted by Crippen LogP contribution is 2.29. The van der Waals surface area contributed by atoms with Crippen LogP contribution in [0.5, 0.6) is 0 Å². The maximum Gasteiger partial charge on any atom is 0.261 e. The summed E-state index contributed by atoms with van der Waals surface area (Å²) in [5, 5.41) is 5.94. The Hall–Kier alpha value is -4.00. The summed E-state index contributed by atoms with van der Waals surface area (Å²) < 4.78 is 28.8. The van der Waals surface area contributed by atoms with Crippen LogP contribution in [-0.2, 0) is 14.8 Å². The summed E-state index contributed by atoms with van der Waals surface area (Å²) in [6, 6.07) is 10.2. The first-order valence-electron chi connectivity index (χ1n) is 15.8. The van der Waals surface area contributed by atoms with Crippen molar-refractivity contribution in [1.29, 1.82) is 0 Å². The fourth-order valence-electron chi connectivity index (χ4n) is 5.72. The van der Waals surface area contributed by atoms with Crippen molar-refractivity contribution >= 4 is 68.9 Å². The lowest BCUT2D eigenvalue weighted by atomic mass is 10.0. The Balaban J connectivity index is 0.00000520. The Labute approximate surface area is 287 Å². The van der Waals surface area contributed by atoms with Crippen LogP contribution in [0.3, 0.4) is 0 Å². The molecule has 0 radical (unpaired) electrons. The Bertz CT molecular complexity index is 1600. The maximum atomic E-state index is 13.1. The lowest BCUT2D eigenvalue weighted by Crippen LogP contribution is -2.54. The van der Waals surface area contributed by atoms with E-state index < -0.39 is 10.0 Å². The number of hydrogen-bond acceptors (Lipinski definition) is 14. The maximum absolute atomic E-state index is 13.1. The number of benzene rings is 2. The number of carbonyl (C=O) groups is 1. The van der Waals surface area contributed by atoms with Gasteiger partial charge in [-0.3, -0.25) is 9.52 Å². The number of amides is 1. The minimum atomic E-state index is -3.97. The first-order valence-corrected chi connectivity index (χ1v) is 17.2. The first-order chi connectivity index (χ1) is 22.4. The van der Waals surface area contributed by atoms with Crippen LogP contribution in [0.25, 0.3) is 0 Å². The molecular formula is C30H46ClN13O3S. The van der Waals surface area contributed by atoms with Gasteiger partial charge in [-0.05, 0) is 61.7 Å². The molecule has 2 aromatic carbocycles. The Morgan fingerprint density at radius 1 is 0.833 bits per heavy atom. The smallest absolute Gasteiger partial charge is 0.261 e. The van der Waals surface area contributed by atoms with E-state index in [1.54, 1.807) is 30.3 Å². The standard InChI is InChI=1S/C30H45N13O3S.ClH/c1-2-3-4-27(44)36-22-5-8-24(9-6-22)47(45,46)41-26-10-7-23(13-25(26)35)37-28-38-29(42-14-18(31)11-19(32)15-42)40-30(39-28)43-16-20(33)12-21(34)17-43;/h5-10,13,18-21,41H,2-4,11-12,14-17,31-35H2,1H3,(H,36,44)(H,37,38,39,40);1H/t18-,19+,20-,21+;. The number of rotatable bonds is 11. The molecule has 0 bridgehead atoms. The number of hydrogen-bond donors (Lipinski definition) is 8. The molecule has 4 atom stereocenters. The van der Waals surface area contributed by atoms with Crippen molar-refractivity contribution in [3.8, 4) is 0 Å². The van der Waals surface area contributed by atoms with Gasteiger partial charge in [-0.2, -0.15) is 15.0 Å². The Morgan fingerprint density at radius 2 is 1.35 bits per heavy atom. The van der Waals surface area contributed by atoms with Gasteiger partial charge in [0.05, 0.1) is 16.3 Å². The quantitative estimate of drug-likeness (QED) is 0.131. The molecule has 0 spiro atoms. The van der Waals surface area contributed by atoms with E-state index in [9.17, 15) is 13.2 Å². The largest absolute Gasteiger partial charge is 0.397 e. The van der Waals surface area contributed by atoms with Gasteiger partial charge in [0, 0.05) is 68.1 Å². The van der Waals surface area contributed by atoms with Crippen molar-refractivity contribution in [2.45, 2.75) is 68.1 Å². The molecule has 3 heterocycles. The van der Waals surface area contributed by atoms with Gasteiger partial charge in [-0.1, -0.05) is 13.3 Å². The molecule has 16 nitrogen and oxygen atoms in total. The summed E-state index contributed by atoms with van der Waals surface area (Å²) in [6.45, 7) is 4.15. The van der Waals surface area contributed by atoms with E-state index in [1.807, 2.05) is 16.7 Å². The second-order valence-corrected chi connectivity index (χ2v) is 14.0. The third kappa shape index (κ3) is 9.55. The zero-order valence-corrected chi connectivity index (χ0v) is 28.5. The molecule has 2 fully saturated rings. The van der Waals surface area contributed by atoms with E-state index in [0.717, 1.165) is 12.8 Å². The molecule has 13 N–H and O–H groups in total. The predicted molar refractivity (Wildman–Crippen MR) is 192 cm³/mol. The number of piperidine rings is 2. The zero-order chi connectivity index (χ0) is 33.7. The van der Waals surface area contributed by atoms with Gasteiger partial charge in [-0.15, -0.1) is 12.4 Å². The van der Waals surface area contributed by atoms with Crippen LogP contribution >= 0.6 is 12.4 Å². The van der Waals surface area contributed by atoms with Crippen molar-refractivity contribution in [2.75, 3.05) is 57.1 Å². The van der Waals surface area contributed by atoms with Crippen LogP contribution in [0.2, 0.25) is 0 Å². The molecule has 2 aliphatic heterocycles. The second-order valence-electron chi connectivity index (χ2n) is 12.3. The Morgan fingerprint density at radius 3 is 1.85 bits per heavy atom. The topological polar surface area (TPSA) is 263 Å². The number of halogens is 1. The molecule has 0 unspecified atom stereocenters. The van der Waals surface area contributed by atoms with Crippen LogP contribution in [0.4, 0.5) is 40.6 Å². The van der Waals surface area contributed by atoms with Crippen LogP contribution in [0, 0.1) is 0 Å². The molecule has 2 aliphatic rings. The van der Waals surface area contributed by atoms with E-state index in [1.165, 1.54) is 12.1 Å². The fourth-order valence-corrected chi connectivity index (χ4v) is 6.81. The van der Waals surface area contributed by atoms with Gasteiger partial charge in [0.2, 0.25) is 23.8 Å². The number of unbranched alkanes of at least 4 members (excludes halogenated alkanes) is 1. The van der Waals surface area contributed by atoms with Gasteiger partial charge in [0.15, 0.2) is 0 Å². The molecule has 262 valence electrons. The highest BCUT2D eigenvalue weighted by Gasteiger charge is 2.29. The lowest BCUT2D eigenvalue weighted by molar-refractivity contribution is -0.116. The van der Waals surface area contributed by atoms with Crippen LogP contribution in [0.1, 0.15) is 39.0 Å². The number of nitrogens with zero attached hydrogens (tertiary/aromatic N) is 5. The van der Waals surface area contributed by atoms with Gasteiger partial charge in [0.25, 0.3) is 10.0 Å². The predicted octanol–water partition coefficient (Wildman–Crippen LogP) is 1.28. The average molecular weight is 704 g/mol. The third-order valence-corrected chi connectivity index (χ3v) is 9.35. The monoisotopic (exact) mass is 703 g/mol. The molecule has 18 heteroatoms. The summed E-state index contributed by atoms with van der Waals surface area (Å²) in [6.07, 6.45) is 3.49. The lowest BCUT2D eigenvalue weighted by Gasteiger charge is -2.37. The van der Waals surface area contributed by atoms with Gasteiger partial charge in [0.1, 0.15) is 0 Å². The number of carbonyl (C=O) groups excluding carboxylic acids is 1. The molecule has 2 saturated heterocycles. The first kappa shape index (κ1) is 36.8. The van der Waals surface area contributed by atoms with Crippen LogP contribution in [0.15, 0.2) is 47.4 Å². The molecular weight excluding hydrogens is 658 g/mol. The van der Waals surface area contributed by atoms with Crippen LogP contribution in [-0.4, -0.2) is 79.6 Å². The second kappa shape index (κ2) is 15.9. The summed E-state index contributed by atoms with van der Waals surface area (Å²) >= 11 is 0. The third-order valence-electron chi connectivity index (χ3n) is 7.97. The average Bonchev–Trinajstić information content (AvgIpc) is 3.00. The van der Waals surface area contributed by atoms with Gasteiger partial charge in [-0.25, -0.2) is 8.42 Å². The molecule has 0 aliphatic carbocycles. The van der Waals surface area contributed by atoms with Gasteiger partial charge < -0.3 is 49.1 Å². The van der Waals surface area contributed by atoms with E-state index in [0.29, 0.717) is 68.7 Å². The number of nitrogen functional groups attached to an aromatic ring is 1. The zero-order valence-electron chi connectivity index (χ0n) is 26.9. The summed E-state index contributed by atoms with van der Waals surface area (Å²) in [4.78, 5) is 30.0. The number of aromatic nitrogens is 3. The minimum Gasteiger partial charge on any atom is -0.397 e. The molecule has 3 aromatic rings. The molecule has 0 saturated carbocycles. The van der Waals surface area contributed by atoms with Crippen LogP contribution < -0.4 is 53.8 Å². The molecule has 1 aromatic heterocycles. The summed E-state index contributed by atoms with van der Waals surface area (Å²) in [7, 11) is -3.97. The van der Waals surface area contributed by atoms with Crippen molar-refractivity contribution in [2.24, 2.45) is 22.9 Å². The number of nitrogens with one attached hydrogen (secondary N) is 3. The molecule has 5 rings (SSSR count). The van der Waals surface area contributed by atoms with E-state index in [2.05, 4.69) is 25.3 Å². The molecule has 48 heavy (non-hydrogen) atoms. The van der Waals surface area contributed by atoms with E-state index >= 15 is 0 Å². The highest BCUT2D eigenvalue weighted by atomic mass is 35.5. The number of sulfonamides is 1. The SMILES string of the molecule is CCCCC(=O)Nc1ccc(S(=O)(=O)Nc2ccc(Nc3nc(N4C[C@H](N)C[C@H](N)C4)nc(N4C[C@H](N)C[C@H](N)C4)n3)cc2N)cc1.Cl. The van der Waals surface area contributed by atoms with Crippen molar-refractivity contribution in [3.05, 3.63) is 42.5 Å². The highest BCUT2D eigenvalue weighted by molar-refractivity contribution is 7.92. The summed E-state index contributed by atoms with van der Waals surface area (Å²) in [5.41, 5.74) is 32.7. The van der Waals surface area contributed by atoms with Crippen molar-refractivity contribution in [3.63, 3.8) is 0 Å². The minimum absolute atomic E-state index is 0. The fraction of sp³-hybridized carbons (Fsp3) is 0.467. The van der Waals surface area contributed by atoms with Crippen molar-refractivity contribution < 1.29 is 13.2 Å². The number of anilines is 7. The summed E-state index contributed by atoms with van der Waals surface area (Å²) in [5.74, 6) is 0.964. The number of nitrogens with two attached hydrogens (primary N) is 5. The van der Waals surface area contributed by atoms with Gasteiger partial charge >= 0.3 is 0 Å². The Kier molecular flexibility index (Phi) is 12.2. The van der Waals surface area contributed by atoms with E-state index in [-0.39, 0.29) is 64.7 Å². The van der Waals surface area contributed by atoms with E-state index in [4.69, 9.17) is 33.7 Å².